The van der Waals surface area contributed by atoms with E-state index in [4.69, 9.17) is 4.74 Å². The Labute approximate surface area is 115 Å². The SMILES string of the molecule is CCCNC(C1=CCCCC1)c1cc(OC)ncn1. The summed E-state index contributed by atoms with van der Waals surface area (Å²) in [7, 11) is 1.64. The smallest absolute Gasteiger partial charge is 0.216 e. The summed E-state index contributed by atoms with van der Waals surface area (Å²) < 4.78 is 5.20. The van der Waals surface area contributed by atoms with Crippen molar-refractivity contribution in [3.8, 4) is 5.88 Å². The van der Waals surface area contributed by atoms with Gasteiger partial charge >= 0.3 is 0 Å². The van der Waals surface area contributed by atoms with Gasteiger partial charge in [0, 0.05) is 6.07 Å². The van der Waals surface area contributed by atoms with Gasteiger partial charge in [-0.1, -0.05) is 18.6 Å². The van der Waals surface area contributed by atoms with Crippen molar-refractivity contribution in [3.05, 3.63) is 29.7 Å². The van der Waals surface area contributed by atoms with Crippen LogP contribution in [-0.2, 0) is 0 Å². The predicted octanol–water partition coefficient (Wildman–Crippen LogP) is 3.03. The molecular formula is C15H23N3O. The summed E-state index contributed by atoms with van der Waals surface area (Å²) in [5, 5.41) is 3.59. The molecule has 0 amide bonds. The lowest BCUT2D eigenvalue weighted by Crippen LogP contribution is -2.25. The molecular weight excluding hydrogens is 238 g/mol. The molecule has 1 aliphatic rings. The third-order valence-electron chi connectivity index (χ3n) is 3.46. The Morgan fingerprint density at radius 1 is 1.37 bits per heavy atom. The van der Waals surface area contributed by atoms with E-state index in [1.165, 1.54) is 24.8 Å². The molecule has 1 N–H and O–H groups in total. The average Bonchev–Trinajstić information content (AvgIpc) is 2.49. The van der Waals surface area contributed by atoms with Gasteiger partial charge in [-0.05, 0) is 38.6 Å². The molecule has 2 rings (SSSR count). The van der Waals surface area contributed by atoms with Crippen LogP contribution in [0.3, 0.4) is 0 Å². The van der Waals surface area contributed by atoms with Crippen molar-refractivity contribution >= 4 is 0 Å². The van der Waals surface area contributed by atoms with E-state index in [1.807, 2.05) is 6.07 Å². The molecule has 0 bridgehead atoms. The third kappa shape index (κ3) is 3.77. The van der Waals surface area contributed by atoms with Crippen LogP contribution in [0.4, 0.5) is 0 Å². The van der Waals surface area contributed by atoms with Crippen LogP contribution >= 0.6 is 0 Å². The quantitative estimate of drug-likeness (QED) is 0.800. The zero-order valence-corrected chi connectivity index (χ0v) is 11.9. The highest BCUT2D eigenvalue weighted by atomic mass is 16.5. The monoisotopic (exact) mass is 261 g/mol. The highest BCUT2D eigenvalue weighted by Crippen LogP contribution is 2.29. The number of nitrogens with one attached hydrogen (secondary N) is 1. The molecule has 0 saturated heterocycles. The van der Waals surface area contributed by atoms with E-state index in [0.29, 0.717) is 5.88 Å². The van der Waals surface area contributed by atoms with Gasteiger partial charge in [0.1, 0.15) is 6.33 Å². The van der Waals surface area contributed by atoms with Crippen molar-refractivity contribution in [2.24, 2.45) is 0 Å². The summed E-state index contributed by atoms with van der Waals surface area (Å²) in [5.74, 6) is 0.629. The van der Waals surface area contributed by atoms with Crippen LogP contribution in [0.5, 0.6) is 5.88 Å². The number of methoxy groups -OCH3 is 1. The van der Waals surface area contributed by atoms with E-state index in [1.54, 1.807) is 13.4 Å². The van der Waals surface area contributed by atoms with Crippen molar-refractivity contribution in [2.45, 2.75) is 45.1 Å². The predicted molar refractivity (Wildman–Crippen MR) is 76.2 cm³/mol. The Morgan fingerprint density at radius 2 is 2.26 bits per heavy atom. The molecule has 0 aliphatic heterocycles. The molecule has 0 aromatic carbocycles. The fourth-order valence-corrected chi connectivity index (χ4v) is 2.46. The maximum atomic E-state index is 5.20. The fourth-order valence-electron chi connectivity index (χ4n) is 2.46. The Balaban J connectivity index is 2.22. The molecule has 0 fully saturated rings. The normalized spacial score (nSPS) is 16.8. The van der Waals surface area contributed by atoms with Crippen LogP contribution in [0.15, 0.2) is 24.0 Å². The first-order valence-corrected chi connectivity index (χ1v) is 7.13. The molecule has 1 unspecified atom stereocenters. The first kappa shape index (κ1) is 14.0. The van der Waals surface area contributed by atoms with E-state index in [2.05, 4.69) is 28.3 Å². The zero-order valence-electron chi connectivity index (χ0n) is 11.9. The van der Waals surface area contributed by atoms with E-state index in [0.717, 1.165) is 25.1 Å². The van der Waals surface area contributed by atoms with Crippen LogP contribution < -0.4 is 10.1 Å². The first-order valence-electron chi connectivity index (χ1n) is 7.13. The number of rotatable bonds is 6. The van der Waals surface area contributed by atoms with Crippen LogP contribution in [0.1, 0.15) is 50.8 Å². The average molecular weight is 261 g/mol. The van der Waals surface area contributed by atoms with Gasteiger partial charge in [-0.15, -0.1) is 0 Å². The molecule has 1 aliphatic carbocycles. The van der Waals surface area contributed by atoms with Gasteiger partial charge < -0.3 is 10.1 Å². The lowest BCUT2D eigenvalue weighted by atomic mass is 9.92. The van der Waals surface area contributed by atoms with E-state index in [-0.39, 0.29) is 6.04 Å². The summed E-state index contributed by atoms with van der Waals surface area (Å²) in [5.41, 5.74) is 2.47. The Kier molecular flexibility index (Phi) is 5.33. The summed E-state index contributed by atoms with van der Waals surface area (Å²) in [6, 6.07) is 2.14. The minimum absolute atomic E-state index is 0.206. The molecule has 1 heterocycles. The maximum Gasteiger partial charge on any atom is 0.216 e. The summed E-state index contributed by atoms with van der Waals surface area (Å²) in [4.78, 5) is 8.51. The number of nitrogens with zero attached hydrogens (tertiary/aromatic N) is 2. The Morgan fingerprint density at radius 3 is 2.95 bits per heavy atom. The number of aromatic nitrogens is 2. The van der Waals surface area contributed by atoms with Crippen molar-refractivity contribution in [3.63, 3.8) is 0 Å². The molecule has 0 spiro atoms. The van der Waals surface area contributed by atoms with Gasteiger partial charge in [0.25, 0.3) is 0 Å². The van der Waals surface area contributed by atoms with E-state index >= 15 is 0 Å². The molecule has 1 atom stereocenters. The van der Waals surface area contributed by atoms with Gasteiger partial charge in [0.05, 0.1) is 18.8 Å². The van der Waals surface area contributed by atoms with Gasteiger partial charge in [-0.3, -0.25) is 0 Å². The number of ether oxygens (including phenoxy) is 1. The van der Waals surface area contributed by atoms with Crippen LogP contribution in [-0.4, -0.2) is 23.6 Å². The lowest BCUT2D eigenvalue weighted by molar-refractivity contribution is 0.394. The Bertz CT molecular complexity index is 431. The molecule has 0 radical (unpaired) electrons. The zero-order chi connectivity index (χ0) is 13.5. The van der Waals surface area contributed by atoms with Crippen molar-refractivity contribution in [1.29, 1.82) is 0 Å². The minimum Gasteiger partial charge on any atom is -0.481 e. The standard InChI is InChI=1S/C15H23N3O/c1-3-9-16-15(12-7-5-4-6-8-12)13-10-14(19-2)18-11-17-13/h7,10-11,15-16H,3-6,8-9H2,1-2H3. The first-order chi connectivity index (χ1) is 9.35. The molecule has 104 valence electrons. The number of hydrogen-bond donors (Lipinski definition) is 1. The van der Waals surface area contributed by atoms with Crippen molar-refractivity contribution < 1.29 is 4.74 Å². The van der Waals surface area contributed by atoms with Gasteiger partial charge in [-0.25, -0.2) is 9.97 Å². The fraction of sp³-hybridized carbons (Fsp3) is 0.600. The Hall–Kier alpha value is -1.42. The highest BCUT2D eigenvalue weighted by Gasteiger charge is 2.19. The van der Waals surface area contributed by atoms with E-state index < -0.39 is 0 Å². The molecule has 0 saturated carbocycles. The number of hydrogen-bond acceptors (Lipinski definition) is 4. The van der Waals surface area contributed by atoms with Crippen LogP contribution in [0.25, 0.3) is 0 Å². The van der Waals surface area contributed by atoms with Gasteiger partial charge in [0.15, 0.2) is 0 Å². The summed E-state index contributed by atoms with van der Waals surface area (Å²) in [6.07, 6.45) is 9.99. The molecule has 4 nitrogen and oxygen atoms in total. The molecule has 1 aromatic heterocycles. The second-order valence-electron chi connectivity index (χ2n) is 4.90. The second kappa shape index (κ2) is 7.24. The maximum absolute atomic E-state index is 5.20. The molecule has 1 aromatic rings. The number of allylic oxidation sites excluding steroid dienone is 1. The van der Waals surface area contributed by atoms with Crippen LogP contribution in [0.2, 0.25) is 0 Å². The highest BCUT2D eigenvalue weighted by molar-refractivity contribution is 5.26. The second-order valence-corrected chi connectivity index (χ2v) is 4.90. The summed E-state index contributed by atoms with van der Waals surface area (Å²) in [6.45, 7) is 3.17. The lowest BCUT2D eigenvalue weighted by Gasteiger charge is -2.24. The van der Waals surface area contributed by atoms with Crippen molar-refractivity contribution in [1.82, 2.24) is 15.3 Å². The van der Waals surface area contributed by atoms with Crippen LogP contribution in [0, 0.1) is 0 Å². The van der Waals surface area contributed by atoms with E-state index in [9.17, 15) is 0 Å². The van der Waals surface area contributed by atoms with Gasteiger partial charge in [-0.2, -0.15) is 0 Å². The van der Waals surface area contributed by atoms with Crippen molar-refractivity contribution in [2.75, 3.05) is 13.7 Å². The summed E-state index contributed by atoms with van der Waals surface area (Å²) >= 11 is 0. The van der Waals surface area contributed by atoms with Gasteiger partial charge in [0.2, 0.25) is 5.88 Å². The minimum atomic E-state index is 0.206. The topological polar surface area (TPSA) is 47.0 Å². The molecule has 4 heteroatoms. The molecule has 19 heavy (non-hydrogen) atoms. The third-order valence-corrected chi connectivity index (χ3v) is 3.46. The largest absolute Gasteiger partial charge is 0.481 e.